The van der Waals surface area contributed by atoms with Gasteiger partial charge in [0.2, 0.25) is 0 Å². The van der Waals surface area contributed by atoms with E-state index in [0.717, 1.165) is 12.1 Å². The summed E-state index contributed by atoms with van der Waals surface area (Å²) in [5.41, 5.74) is -2.97. The van der Waals surface area contributed by atoms with Crippen molar-refractivity contribution in [2.75, 3.05) is 0 Å². The molecule has 0 unspecified atom stereocenters. The van der Waals surface area contributed by atoms with Gasteiger partial charge in [-0.25, -0.2) is 0 Å². The van der Waals surface area contributed by atoms with Gasteiger partial charge >= 0.3 is 12.1 Å². The minimum Gasteiger partial charge on any atom is -0.365 e. The van der Waals surface area contributed by atoms with Crippen LogP contribution in [0.3, 0.4) is 0 Å². The first-order valence-electron chi connectivity index (χ1n) is 5.98. The smallest absolute Gasteiger partial charge is 0.365 e. The molecule has 1 N–H and O–H groups in total. The van der Waals surface area contributed by atoms with Crippen LogP contribution in [-0.2, 0) is 10.5 Å². The monoisotopic (exact) mass is 317 g/mol. The van der Waals surface area contributed by atoms with E-state index in [1.807, 2.05) is 0 Å². The molecular formula is C12H10F3N3O4. The van der Waals surface area contributed by atoms with E-state index in [-0.39, 0.29) is 22.7 Å². The number of hydrogen-bond donors (Lipinski definition) is 1. The van der Waals surface area contributed by atoms with Gasteiger partial charge in [0.1, 0.15) is 0 Å². The van der Waals surface area contributed by atoms with Crippen molar-refractivity contribution in [2.24, 2.45) is 5.10 Å². The van der Waals surface area contributed by atoms with Gasteiger partial charge in [-0.1, -0.05) is 12.1 Å². The maximum Gasteiger partial charge on any atom is 0.473 e. The van der Waals surface area contributed by atoms with Crippen molar-refractivity contribution in [3.8, 4) is 0 Å². The molecule has 118 valence electrons. The molecule has 1 aliphatic rings. The van der Waals surface area contributed by atoms with Gasteiger partial charge in [-0.2, -0.15) is 23.3 Å². The van der Waals surface area contributed by atoms with Crippen molar-refractivity contribution in [3.63, 3.8) is 0 Å². The largest absolute Gasteiger partial charge is 0.473 e. The Bertz CT molecular complexity index is 674. The van der Waals surface area contributed by atoms with E-state index in [1.54, 1.807) is 0 Å². The fourth-order valence-electron chi connectivity index (χ4n) is 2.15. The van der Waals surface area contributed by atoms with Gasteiger partial charge in [-0.05, 0) is 6.92 Å². The Morgan fingerprint density at radius 2 is 2.14 bits per heavy atom. The molecule has 0 saturated carbocycles. The molecule has 1 aromatic carbocycles. The van der Waals surface area contributed by atoms with E-state index in [1.165, 1.54) is 19.1 Å². The van der Waals surface area contributed by atoms with Crippen LogP contribution in [0, 0.1) is 10.1 Å². The Morgan fingerprint density at radius 1 is 1.50 bits per heavy atom. The summed E-state index contributed by atoms with van der Waals surface area (Å²) in [6, 6.07) is 4.42. The van der Waals surface area contributed by atoms with Gasteiger partial charge in [-0.15, -0.1) is 0 Å². The maximum absolute atomic E-state index is 12.6. The summed E-state index contributed by atoms with van der Waals surface area (Å²) in [7, 11) is 0. The molecule has 1 aromatic rings. The fourth-order valence-corrected chi connectivity index (χ4v) is 2.15. The molecule has 1 atom stereocenters. The highest BCUT2D eigenvalue weighted by Crippen LogP contribution is 2.38. The van der Waals surface area contributed by atoms with Gasteiger partial charge in [0.05, 0.1) is 4.92 Å². The summed E-state index contributed by atoms with van der Waals surface area (Å²) in [6.07, 6.45) is -5.61. The molecule has 1 heterocycles. The van der Waals surface area contributed by atoms with Gasteiger partial charge in [0, 0.05) is 29.8 Å². The average molecular weight is 317 g/mol. The van der Waals surface area contributed by atoms with Crippen molar-refractivity contribution in [2.45, 2.75) is 25.2 Å². The average Bonchev–Trinajstić information content (AvgIpc) is 2.73. The highest BCUT2D eigenvalue weighted by Gasteiger charge is 2.53. The van der Waals surface area contributed by atoms with Crippen LogP contribution < -0.4 is 0 Å². The lowest BCUT2D eigenvalue weighted by Gasteiger charge is -2.31. The molecule has 0 fully saturated rings. The zero-order valence-electron chi connectivity index (χ0n) is 11.2. The number of nitrogens with zero attached hydrogens (tertiary/aromatic N) is 3. The van der Waals surface area contributed by atoms with Crippen molar-refractivity contribution >= 4 is 17.3 Å². The third-order valence-corrected chi connectivity index (χ3v) is 3.08. The van der Waals surface area contributed by atoms with E-state index in [4.69, 9.17) is 0 Å². The second kappa shape index (κ2) is 5.05. The van der Waals surface area contributed by atoms with E-state index in [9.17, 15) is 33.2 Å². The number of carbonyl (C=O) groups excluding carboxylic acids is 1. The molecule has 2 rings (SSSR count). The molecule has 1 amide bonds. The Morgan fingerprint density at radius 3 is 2.68 bits per heavy atom. The fraction of sp³-hybridized carbons (Fsp3) is 0.333. The molecule has 0 aliphatic carbocycles. The molecule has 0 spiro atoms. The first-order chi connectivity index (χ1) is 10.1. The number of rotatable bonds is 2. The number of non-ortho nitro benzene ring substituents is 1. The lowest BCUT2D eigenvalue weighted by molar-refractivity contribution is -0.385. The summed E-state index contributed by atoms with van der Waals surface area (Å²) in [4.78, 5) is 21.4. The predicted octanol–water partition coefficient (Wildman–Crippen LogP) is 1.91. The van der Waals surface area contributed by atoms with Crippen LogP contribution in [0.2, 0.25) is 0 Å². The molecule has 10 heteroatoms. The number of alkyl halides is 3. The van der Waals surface area contributed by atoms with Crippen molar-refractivity contribution in [1.82, 2.24) is 5.01 Å². The molecule has 0 bridgehead atoms. The van der Waals surface area contributed by atoms with Crippen LogP contribution in [0.5, 0.6) is 0 Å². The molecule has 0 saturated heterocycles. The SMILES string of the molecule is CC1=NN(C(=O)C(F)(F)F)[C@](O)(c2cccc([N+](=O)[O-])c2)C1. The molecule has 0 aromatic heterocycles. The first-order valence-corrected chi connectivity index (χ1v) is 5.98. The molecule has 7 nitrogen and oxygen atoms in total. The van der Waals surface area contributed by atoms with E-state index in [0.29, 0.717) is 0 Å². The minimum absolute atomic E-state index is 0.0820. The number of halogens is 3. The number of nitro benzene ring substituents is 1. The van der Waals surface area contributed by atoms with E-state index in [2.05, 4.69) is 5.10 Å². The molecular weight excluding hydrogens is 307 g/mol. The third-order valence-electron chi connectivity index (χ3n) is 3.08. The molecule has 0 radical (unpaired) electrons. The summed E-state index contributed by atoms with van der Waals surface area (Å²) in [5, 5.41) is 24.6. The highest BCUT2D eigenvalue weighted by atomic mass is 19.4. The predicted molar refractivity (Wildman–Crippen MR) is 67.6 cm³/mol. The van der Waals surface area contributed by atoms with Crippen LogP contribution >= 0.6 is 0 Å². The van der Waals surface area contributed by atoms with Crippen LogP contribution in [0.4, 0.5) is 18.9 Å². The van der Waals surface area contributed by atoms with Crippen molar-refractivity contribution in [3.05, 3.63) is 39.9 Å². The number of nitro groups is 1. The Labute approximate surface area is 121 Å². The third kappa shape index (κ3) is 2.64. The lowest BCUT2D eigenvalue weighted by atomic mass is 9.97. The second-order valence-electron chi connectivity index (χ2n) is 4.75. The zero-order chi connectivity index (χ0) is 16.7. The minimum atomic E-state index is -5.23. The second-order valence-corrected chi connectivity index (χ2v) is 4.75. The number of aliphatic hydroxyl groups is 1. The van der Waals surface area contributed by atoms with Gasteiger partial charge in [-0.3, -0.25) is 14.9 Å². The van der Waals surface area contributed by atoms with Crippen molar-refractivity contribution < 1.29 is 28.0 Å². The van der Waals surface area contributed by atoms with Crippen molar-refractivity contribution in [1.29, 1.82) is 0 Å². The van der Waals surface area contributed by atoms with E-state index >= 15 is 0 Å². The van der Waals surface area contributed by atoms with Gasteiger partial charge < -0.3 is 5.11 Å². The highest BCUT2D eigenvalue weighted by molar-refractivity contribution is 5.91. The lowest BCUT2D eigenvalue weighted by Crippen LogP contribution is -2.48. The number of carbonyl (C=O) groups is 1. The molecule has 1 aliphatic heterocycles. The normalized spacial score (nSPS) is 21.7. The van der Waals surface area contributed by atoms with Crippen LogP contribution in [0.1, 0.15) is 18.9 Å². The first kappa shape index (κ1) is 15.9. The Kier molecular flexibility index (Phi) is 3.65. The van der Waals surface area contributed by atoms with E-state index < -0.39 is 28.4 Å². The number of benzene rings is 1. The standard InChI is InChI=1S/C12H10F3N3O4/c1-7-6-11(20,17(16-7)10(19)12(13,14)15)8-3-2-4-9(5-8)18(21)22/h2-5,20H,6H2,1H3/t11-/m1/s1. The zero-order valence-corrected chi connectivity index (χ0v) is 11.2. The Balaban J connectivity index is 2.50. The summed E-state index contributed by atoms with van der Waals surface area (Å²) < 4.78 is 37.8. The maximum atomic E-state index is 12.6. The van der Waals surface area contributed by atoms with Crippen LogP contribution in [0.15, 0.2) is 29.4 Å². The quantitative estimate of drug-likeness (QED) is 0.665. The topological polar surface area (TPSA) is 96.0 Å². The summed E-state index contributed by atoms with van der Waals surface area (Å²) in [5.74, 6) is -2.35. The van der Waals surface area contributed by atoms with Gasteiger partial charge in [0.25, 0.3) is 5.69 Å². The summed E-state index contributed by atoms with van der Waals surface area (Å²) >= 11 is 0. The van der Waals surface area contributed by atoms with Crippen LogP contribution in [-0.4, -0.2) is 32.8 Å². The summed E-state index contributed by atoms with van der Waals surface area (Å²) in [6.45, 7) is 1.34. The molecule has 22 heavy (non-hydrogen) atoms. The van der Waals surface area contributed by atoms with Gasteiger partial charge in [0.15, 0.2) is 5.72 Å². The number of amides is 1. The number of hydrazone groups is 1. The van der Waals surface area contributed by atoms with Crippen LogP contribution in [0.25, 0.3) is 0 Å². The Hall–Kier alpha value is -2.49. The number of hydrogen-bond acceptors (Lipinski definition) is 5.